The molecular weight excluding hydrogens is 435 g/mol. The quantitative estimate of drug-likeness (QED) is 0.575. The fourth-order valence-electron chi connectivity index (χ4n) is 4.90. The Balaban J connectivity index is 1.74. The van der Waals surface area contributed by atoms with Crippen LogP contribution in [0.3, 0.4) is 0 Å². The third kappa shape index (κ3) is 3.03. The summed E-state index contributed by atoms with van der Waals surface area (Å²) >= 11 is 5.92. The zero-order chi connectivity index (χ0) is 22.6. The highest BCUT2D eigenvalue weighted by atomic mass is 35.5. The number of aromatic hydroxyl groups is 1. The lowest BCUT2D eigenvalue weighted by molar-refractivity contribution is 0.0583. The van der Waals surface area contributed by atoms with E-state index in [0.717, 1.165) is 19.3 Å². The number of nitrogens with zero attached hydrogens (tertiary/aromatic N) is 2. The first-order chi connectivity index (χ1) is 15.4. The third-order valence-corrected chi connectivity index (χ3v) is 6.63. The standard InChI is InChI=1S/C24H20ClFN2O4/c1-32-24(31)19-18-17(16-7-2-3-8-28(16)23(18)30)14-10-12(11-27-21(14)22(19)29)9-13-5-4-6-15(25)20(13)26/h4-6,10-11,16,29H,2-3,7-9H2,1H3/t16-/m0/s1. The van der Waals surface area contributed by atoms with Crippen LogP contribution in [0.1, 0.15) is 62.7 Å². The largest absolute Gasteiger partial charge is 0.505 e. The maximum absolute atomic E-state index is 14.4. The van der Waals surface area contributed by atoms with Crippen LogP contribution in [0.25, 0.3) is 10.9 Å². The van der Waals surface area contributed by atoms with E-state index in [9.17, 15) is 19.1 Å². The Morgan fingerprint density at radius 1 is 1.38 bits per heavy atom. The van der Waals surface area contributed by atoms with Crippen LogP contribution < -0.4 is 0 Å². The van der Waals surface area contributed by atoms with Gasteiger partial charge in [-0.2, -0.15) is 0 Å². The molecule has 1 saturated heterocycles. The highest BCUT2D eigenvalue weighted by molar-refractivity contribution is 6.30. The summed E-state index contributed by atoms with van der Waals surface area (Å²) < 4.78 is 19.3. The molecule has 0 bridgehead atoms. The van der Waals surface area contributed by atoms with E-state index in [1.165, 1.54) is 19.4 Å². The number of amides is 1. The van der Waals surface area contributed by atoms with E-state index in [-0.39, 0.29) is 45.8 Å². The number of carbonyl (C=O) groups is 2. The van der Waals surface area contributed by atoms with Gasteiger partial charge in [0.2, 0.25) is 0 Å². The van der Waals surface area contributed by atoms with Crippen LogP contribution in [-0.2, 0) is 11.2 Å². The number of rotatable bonds is 3. The van der Waals surface area contributed by atoms with Crippen molar-refractivity contribution in [1.82, 2.24) is 9.88 Å². The Kier molecular flexibility index (Phi) is 5.01. The molecule has 2 aliphatic heterocycles. The molecule has 1 amide bonds. The van der Waals surface area contributed by atoms with Crippen LogP contribution in [0.2, 0.25) is 5.02 Å². The van der Waals surface area contributed by atoms with Gasteiger partial charge in [0.1, 0.15) is 16.9 Å². The Labute approximate surface area is 188 Å². The van der Waals surface area contributed by atoms with Crippen molar-refractivity contribution < 1.29 is 23.8 Å². The Morgan fingerprint density at radius 2 is 2.19 bits per heavy atom. The molecule has 5 rings (SSSR count). The highest BCUT2D eigenvalue weighted by Crippen LogP contribution is 2.48. The maximum atomic E-state index is 14.4. The first-order valence-corrected chi connectivity index (χ1v) is 10.8. The van der Waals surface area contributed by atoms with Gasteiger partial charge < -0.3 is 14.7 Å². The molecule has 0 saturated carbocycles. The topological polar surface area (TPSA) is 79.7 Å². The van der Waals surface area contributed by atoms with Gasteiger partial charge in [-0.3, -0.25) is 9.78 Å². The lowest BCUT2D eigenvalue weighted by Gasteiger charge is -2.30. The number of hydrogen-bond acceptors (Lipinski definition) is 5. The molecule has 8 heteroatoms. The first kappa shape index (κ1) is 20.7. The number of carbonyl (C=O) groups excluding carboxylic acids is 2. The van der Waals surface area contributed by atoms with Crippen LogP contribution >= 0.6 is 11.6 Å². The molecule has 0 unspecified atom stereocenters. The van der Waals surface area contributed by atoms with E-state index in [2.05, 4.69) is 4.98 Å². The number of phenolic OH excluding ortho intramolecular Hbond substituents is 1. The zero-order valence-electron chi connectivity index (χ0n) is 17.3. The molecule has 0 radical (unpaired) electrons. The fourth-order valence-corrected chi connectivity index (χ4v) is 5.09. The number of esters is 1. The minimum atomic E-state index is -0.777. The van der Waals surface area contributed by atoms with Crippen LogP contribution in [-0.4, -0.2) is 40.5 Å². The van der Waals surface area contributed by atoms with Crippen LogP contribution in [0.5, 0.6) is 5.75 Å². The molecule has 0 aliphatic carbocycles. The molecule has 164 valence electrons. The van der Waals surface area contributed by atoms with Crippen molar-refractivity contribution in [1.29, 1.82) is 0 Å². The van der Waals surface area contributed by atoms with Gasteiger partial charge >= 0.3 is 5.97 Å². The summed E-state index contributed by atoms with van der Waals surface area (Å²) in [7, 11) is 1.21. The second kappa shape index (κ2) is 7.74. The molecule has 1 atom stereocenters. The molecule has 0 spiro atoms. The summed E-state index contributed by atoms with van der Waals surface area (Å²) in [5.41, 5.74) is 2.06. The van der Waals surface area contributed by atoms with Gasteiger partial charge in [0, 0.05) is 24.5 Å². The SMILES string of the molecule is COC(=O)c1c2c(c3cc(Cc4cccc(Cl)c4F)cnc3c1O)[C@@H]1CCCCN1C2=O. The number of phenols is 1. The number of ether oxygens (including phenoxy) is 1. The number of aromatic nitrogens is 1. The lowest BCUT2D eigenvalue weighted by Crippen LogP contribution is -2.32. The smallest absolute Gasteiger partial charge is 0.342 e. The first-order valence-electron chi connectivity index (χ1n) is 10.4. The van der Waals surface area contributed by atoms with Gasteiger partial charge in [0.15, 0.2) is 5.75 Å². The van der Waals surface area contributed by atoms with Gasteiger partial charge in [0.05, 0.1) is 23.7 Å². The average molecular weight is 455 g/mol. The summed E-state index contributed by atoms with van der Waals surface area (Å²) in [5.74, 6) is -1.93. The van der Waals surface area contributed by atoms with Crippen molar-refractivity contribution in [2.24, 2.45) is 0 Å². The second-order valence-electron chi connectivity index (χ2n) is 8.14. The summed E-state index contributed by atoms with van der Waals surface area (Å²) in [6.45, 7) is 0.585. The molecule has 1 aromatic heterocycles. The normalized spacial score (nSPS) is 17.4. The van der Waals surface area contributed by atoms with Gasteiger partial charge in [-0.05, 0) is 48.1 Å². The van der Waals surface area contributed by atoms with E-state index >= 15 is 0 Å². The van der Waals surface area contributed by atoms with E-state index in [0.29, 0.717) is 28.6 Å². The van der Waals surface area contributed by atoms with E-state index in [4.69, 9.17) is 16.3 Å². The average Bonchev–Trinajstić information content (AvgIpc) is 3.09. The number of fused-ring (bicyclic) bond motifs is 5. The maximum Gasteiger partial charge on any atom is 0.342 e. The molecule has 2 aromatic carbocycles. The van der Waals surface area contributed by atoms with Crippen LogP contribution in [0.15, 0.2) is 30.5 Å². The lowest BCUT2D eigenvalue weighted by atomic mass is 9.89. The molecule has 3 heterocycles. The number of benzene rings is 2. The molecular formula is C24H20ClFN2O4. The number of methoxy groups -OCH3 is 1. The number of pyridine rings is 1. The van der Waals surface area contributed by atoms with E-state index in [1.807, 2.05) is 6.07 Å². The third-order valence-electron chi connectivity index (χ3n) is 6.34. The molecule has 3 aromatic rings. The van der Waals surface area contributed by atoms with Crippen molar-refractivity contribution in [3.05, 3.63) is 69.1 Å². The van der Waals surface area contributed by atoms with Crippen molar-refractivity contribution in [3.8, 4) is 5.75 Å². The van der Waals surface area contributed by atoms with Crippen LogP contribution in [0, 0.1) is 5.82 Å². The molecule has 6 nitrogen and oxygen atoms in total. The minimum Gasteiger partial charge on any atom is -0.505 e. The number of hydrogen-bond donors (Lipinski definition) is 1. The Hall–Kier alpha value is -3.19. The summed E-state index contributed by atoms with van der Waals surface area (Å²) in [6, 6.07) is 6.44. The van der Waals surface area contributed by atoms with Gasteiger partial charge in [0.25, 0.3) is 5.91 Å². The minimum absolute atomic E-state index is 0.0425. The number of halogens is 2. The van der Waals surface area contributed by atoms with Gasteiger partial charge in [-0.25, -0.2) is 9.18 Å². The van der Waals surface area contributed by atoms with Crippen molar-refractivity contribution in [2.45, 2.75) is 31.7 Å². The predicted molar refractivity (Wildman–Crippen MR) is 117 cm³/mol. The summed E-state index contributed by atoms with van der Waals surface area (Å²) in [5, 5.41) is 11.5. The number of piperidine rings is 1. The highest BCUT2D eigenvalue weighted by Gasteiger charge is 2.44. The Bertz CT molecular complexity index is 1290. The molecule has 32 heavy (non-hydrogen) atoms. The second-order valence-corrected chi connectivity index (χ2v) is 8.55. The van der Waals surface area contributed by atoms with Crippen molar-refractivity contribution >= 4 is 34.4 Å². The van der Waals surface area contributed by atoms with Gasteiger partial charge in [-0.15, -0.1) is 0 Å². The Morgan fingerprint density at radius 3 is 2.97 bits per heavy atom. The zero-order valence-corrected chi connectivity index (χ0v) is 18.1. The van der Waals surface area contributed by atoms with E-state index < -0.39 is 11.8 Å². The summed E-state index contributed by atoms with van der Waals surface area (Å²) in [6.07, 6.45) is 4.36. The van der Waals surface area contributed by atoms with Crippen LogP contribution in [0.4, 0.5) is 4.39 Å². The molecule has 1 fully saturated rings. The van der Waals surface area contributed by atoms with E-state index in [1.54, 1.807) is 17.0 Å². The predicted octanol–water partition coefficient (Wildman–Crippen LogP) is 4.79. The molecule has 1 N–H and O–H groups in total. The van der Waals surface area contributed by atoms with Crippen molar-refractivity contribution in [2.75, 3.05) is 13.7 Å². The van der Waals surface area contributed by atoms with Gasteiger partial charge in [-0.1, -0.05) is 23.7 Å². The van der Waals surface area contributed by atoms with Crippen molar-refractivity contribution in [3.63, 3.8) is 0 Å². The monoisotopic (exact) mass is 454 g/mol. The fraction of sp³-hybridized carbons (Fsp3) is 0.292. The molecule has 2 aliphatic rings. The summed E-state index contributed by atoms with van der Waals surface area (Å²) in [4.78, 5) is 31.9.